The summed E-state index contributed by atoms with van der Waals surface area (Å²) >= 11 is 0. The summed E-state index contributed by atoms with van der Waals surface area (Å²) in [5, 5.41) is 0. The Labute approximate surface area is 216 Å². The molecule has 0 N–H and O–H groups in total. The second-order valence-electron chi connectivity index (χ2n) is 9.21. The quantitative estimate of drug-likeness (QED) is 0.137. The summed E-state index contributed by atoms with van der Waals surface area (Å²) in [5.41, 5.74) is -0.849. The highest BCUT2D eigenvalue weighted by Gasteiger charge is 2.42. The minimum Gasteiger partial charge on any atom is -0.429 e. The van der Waals surface area contributed by atoms with Crippen molar-refractivity contribution in [2.24, 2.45) is 5.92 Å². The molecule has 0 heterocycles. The highest BCUT2D eigenvalue weighted by molar-refractivity contribution is 5.73. The second-order valence-corrected chi connectivity index (χ2v) is 9.21. The molecule has 0 bridgehead atoms. The summed E-state index contributed by atoms with van der Waals surface area (Å²) in [6.45, 7) is 4.01. The average Bonchev–Trinajstić information content (AvgIpc) is 3.20. The fourth-order valence-electron chi connectivity index (χ4n) is 4.69. The summed E-state index contributed by atoms with van der Waals surface area (Å²) in [6, 6.07) is 7.86. The van der Waals surface area contributed by atoms with Crippen LogP contribution < -0.4 is 4.74 Å². The van der Waals surface area contributed by atoms with Gasteiger partial charge in [0, 0.05) is 25.0 Å². The first-order chi connectivity index (χ1) is 18.3. The number of hydrogen-bond acceptors (Lipinski definition) is 1. The molecule has 1 unspecified atom stereocenters. The molecule has 5 rings (SSSR count). The van der Waals surface area contributed by atoms with Gasteiger partial charge < -0.3 is 4.74 Å². The van der Waals surface area contributed by atoms with E-state index in [1.807, 2.05) is 6.07 Å². The molecule has 0 fully saturated rings. The molecular formula is C29H16F9O+. The number of ether oxygens (including phenoxy) is 1. The van der Waals surface area contributed by atoms with E-state index in [0.717, 1.165) is 29.7 Å². The number of halogens is 9. The van der Waals surface area contributed by atoms with Crippen molar-refractivity contribution >= 4 is 0 Å². The van der Waals surface area contributed by atoms with E-state index in [-0.39, 0.29) is 35.7 Å². The Morgan fingerprint density at radius 1 is 0.615 bits per heavy atom. The zero-order valence-corrected chi connectivity index (χ0v) is 19.7. The predicted octanol–water partition coefficient (Wildman–Crippen LogP) is 8.67. The van der Waals surface area contributed by atoms with Crippen molar-refractivity contribution in [1.82, 2.24) is 0 Å². The van der Waals surface area contributed by atoms with Crippen LogP contribution in [-0.2, 0) is 19.0 Å². The van der Waals surface area contributed by atoms with Crippen LogP contribution in [0.15, 0.2) is 54.6 Å². The molecule has 0 aromatic heterocycles. The lowest BCUT2D eigenvalue weighted by Gasteiger charge is -2.20. The molecule has 200 valence electrons. The third-order valence-corrected chi connectivity index (χ3v) is 6.42. The van der Waals surface area contributed by atoms with Crippen molar-refractivity contribution in [3.05, 3.63) is 119 Å². The topological polar surface area (TPSA) is 9.23 Å². The standard InChI is InChI=1S/C29H16F9O/c1-13-4-14-2-3-15(6-16(14)5-13)17-7-20(30)26(21(31)8-17)18-9-22(32)27(23(33)10-18)29(37,38)39-19-11-24(34)28(36)25(35)12-19/h2-3,6-13H,1,4-5H2/q+1. The van der Waals surface area contributed by atoms with E-state index in [0.29, 0.717) is 12.0 Å². The van der Waals surface area contributed by atoms with Crippen LogP contribution in [-0.4, -0.2) is 0 Å². The van der Waals surface area contributed by atoms with Gasteiger partial charge in [-0.05, 0) is 52.1 Å². The number of fused-ring (bicyclic) bond motifs is 1. The van der Waals surface area contributed by atoms with Crippen molar-refractivity contribution in [2.45, 2.75) is 19.0 Å². The van der Waals surface area contributed by atoms with Gasteiger partial charge in [0.1, 0.15) is 40.5 Å². The highest BCUT2D eigenvalue weighted by Crippen LogP contribution is 2.39. The van der Waals surface area contributed by atoms with Crippen LogP contribution in [0.1, 0.15) is 16.7 Å². The number of hydrogen-bond donors (Lipinski definition) is 0. The first-order valence-electron chi connectivity index (χ1n) is 11.5. The Morgan fingerprint density at radius 2 is 1.15 bits per heavy atom. The Kier molecular flexibility index (Phi) is 6.52. The van der Waals surface area contributed by atoms with Crippen molar-refractivity contribution in [3.63, 3.8) is 0 Å². The molecule has 1 aliphatic carbocycles. The lowest BCUT2D eigenvalue weighted by Crippen LogP contribution is -2.25. The Balaban J connectivity index is 1.48. The van der Waals surface area contributed by atoms with Crippen LogP contribution >= 0.6 is 0 Å². The monoisotopic (exact) mass is 551 g/mol. The van der Waals surface area contributed by atoms with Crippen LogP contribution in [0.25, 0.3) is 22.3 Å². The average molecular weight is 551 g/mol. The third kappa shape index (κ3) is 4.91. The Hall–Kier alpha value is -4.08. The highest BCUT2D eigenvalue weighted by atomic mass is 19.3. The van der Waals surface area contributed by atoms with Gasteiger partial charge in [-0.3, -0.25) is 0 Å². The van der Waals surface area contributed by atoms with Gasteiger partial charge in [-0.1, -0.05) is 18.2 Å². The molecule has 0 aliphatic heterocycles. The van der Waals surface area contributed by atoms with E-state index in [4.69, 9.17) is 0 Å². The smallest absolute Gasteiger partial charge is 0.429 e. The van der Waals surface area contributed by atoms with E-state index in [2.05, 4.69) is 11.7 Å². The van der Waals surface area contributed by atoms with Crippen LogP contribution in [0, 0.1) is 53.6 Å². The van der Waals surface area contributed by atoms with Crippen LogP contribution in [0.2, 0.25) is 0 Å². The summed E-state index contributed by atoms with van der Waals surface area (Å²) in [5.74, 6) is -13.1. The van der Waals surface area contributed by atoms with E-state index in [1.54, 1.807) is 12.1 Å². The minimum atomic E-state index is -4.84. The SMILES string of the molecule is [CH2+]C1Cc2ccc(-c3cc(F)c(-c4cc(F)c(C(F)(F)Oc5cc(F)c(F)c(F)c5)c(F)c4)c(F)c3)cc2C1. The maximum Gasteiger partial charge on any atom is 0.432 e. The zero-order valence-electron chi connectivity index (χ0n) is 19.7. The van der Waals surface area contributed by atoms with Crippen molar-refractivity contribution in [1.29, 1.82) is 0 Å². The molecule has 1 aliphatic rings. The maximum atomic E-state index is 15.0. The molecule has 4 aromatic rings. The molecule has 39 heavy (non-hydrogen) atoms. The first kappa shape index (κ1) is 26.5. The minimum absolute atomic E-state index is 0.0568. The maximum absolute atomic E-state index is 15.0. The van der Waals surface area contributed by atoms with E-state index >= 15 is 8.78 Å². The lowest BCUT2D eigenvalue weighted by molar-refractivity contribution is -0.189. The van der Waals surface area contributed by atoms with Gasteiger partial charge in [0.25, 0.3) is 0 Å². The van der Waals surface area contributed by atoms with Gasteiger partial charge in [0.05, 0.1) is 12.5 Å². The van der Waals surface area contributed by atoms with E-state index in [9.17, 15) is 30.7 Å². The third-order valence-electron chi connectivity index (χ3n) is 6.42. The number of alkyl halides is 2. The summed E-state index contributed by atoms with van der Waals surface area (Å²) in [4.78, 5) is 0. The van der Waals surface area contributed by atoms with Gasteiger partial charge in [0.15, 0.2) is 17.5 Å². The zero-order chi connectivity index (χ0) is 28.2. The van der Waals surface area contributed by atoms with Crippen LogP contribution in [0.5, 0.6) is 5.75 Å². The normalized spacial score (nSPS) is 14.9. The van der Waals surface area contributed by atoms with Gasteiger partial charge in [-0.2, -0.15) is 8.78 Å². The molecule has 0 radical (unpaired) electrons. The first-order valence-corrected chi connectivity index (χ1v) is 11.5. The Bertz CT molecular complexity index is 1540. The molecule has 4 aromatic carbocycles. The molecule has 1 atom stereocenters. The van der Waals surface area contributed by atoms with Crippen molar-refractivity contribution < 1.29 is 44.3 Å². The second kappa shape index (κ2) is 9.59. The molecule has 0 saturated carbocycles. The fraction of sp³-hybridized carbons (Fsp3) is 0.138. The molecule has 0 saturated heterocycles. The predicted molar refractivity (Wildman–Crippen MR) is 124 cm³/mol. The number of benzene rings is 4. The molecule has 1 nitrogen and oxygen atoms in total. The summed E-state index contributed by atoms with van der Waals surface area (Å²) < 4.78 is 133. The van der Waals surface area contributed by atoms with Crippen molar-refractivity contribution in [2.75, 3.05) is 0 Å². The molecule has 0 amide bonds. The van der Waals surface area contributed by atoms with Crippen LogP contribution in [0.3, 0.4) is 0 Å². The van der Waals surface area contributed by atoms with E-state index in [1.165, 1.54) is 0 Å². The molecule has 0 spiro atoms. The van der Waals surface area contributed by atoms with Gasteiger partial charge >= 0.3 is 6.11 Å². The summed E-state index contributed by atoms with van der Waals surface area (Å²) in [6.07, 6.45) is -3.35. The molecular weight excluding hydrogens is 535 g/mol. The van der Waals surface area contributed by atoms with Crippen LogP contribution in [0.4, 0.5) is 39.5 Å². The number of rotatable bonds is 5. The summed E-state index contributed by atoms with van der Waals surface area (Å²) in [7, 11) is 0. The Morgan fingerprint density at radius 3 is 1.74 bits per heavy atom. The van der Waals surface area contributed by atoms with Gasteiger partial charge in [0.2, 0.25) is 0 Å². The molecule has 10 heteroatoms. The fourth-order valence-corrected chi connectivity index (χ4v) is 4.69. The van der Waals surface area contributed by atoms with Crippen molar-refractivity contribution in [3.8, 4) is 28.0 Å². The largest absolute Gasteiger partial charge is 0.432 e. The van der Waals surface area contributed by atoms with Gasteiger partial charge in [-0.15, -0.1) is 0 Å². The lowest BCUT2D eigenvalue weighted by atomic mass is 9.96. The van der Waals surface area contributed by atoms with E-state index < -0.39 is 69.3 Å². The van der Waals surface area contributed by atoms with Gasteiger partial charge in [-0.25, -0.2) is 30.7 Å².